The summed E-state index contributed by atoms with van der Waals surface area (Å²) < 4.78 is 0. The molecule has 0 amide bonds. The van der Waals surface area contributed by atoms with Crippen LogP contribution in [0.5, 0.6) is 0 Å². The average molecular weight is 342 g/mol. The van der Waals surface area contributed by atoms with E-state index in [0.717, 1.165) is 12.2 Å². The third-order valence-corrected chi connectivity index (χ3v) is 6.96. The summed E-state index contributed by atoms with van der Waals surface area (Å²) in [6.45, 7) is 3.45. The lowest BCUT2D eigenvalue weighted by Gasteiger charge is -2.43. The Morgan fingerprint density at radius 2 is 1.92 bits per heavy atom. The Hall–Kier alpha value is -1.23. The number of nitrogens with zero attached hydrogens (tertiary/aromatic N) is 1. The minimum absolute atomic E-state index is 0.665. The SMILES string of the molecule is c1ccc(-c2ccc(CNC3CCC4(CCNCC4)CC3)s2)nc1. The molecule has 4 heteroatoms. The zero-order valence-corrected chi connectivity index (χ0v) is 15.1. The number of piperidine rings is 1. The Balaban J connectivity index is 1.28. The minimum Gasteiger partial charge on any atom is -0.317 e. The van der Waals surface area contributed by atoms with E-state index in [1.807, 2.05) is 23.6 Å². The number of pyridine rings is 1. The van der Waals surface area contributed by atoms with Gasteiger partial charge in [0.05, 0.1) is 10.6 Å². The van der Waals surface area contributed by atoms with Crippen molar-refractivity contribution >= 4 is 11.3 Å². The number of nitrogens with one attached hydrogen (secondary N) is 2. The van der Waals surface area contributed by atoms with Gasteiger partial charge in [-0.2, -0.15) is 0 Å². The first kappa shape index (κ1) is 16.2. The number of hydrogen-bond acceptors (Lipinski definition) is 4. The van der Waals surface area contributed by atoms with Crippen LogP contribution in [-0.4, -0.2) is 24.1 Å². The lowest BCUT2D eigenvalue weighted by atomic mass is 9.67. The van der Waals surface area contributed by atoms with E-state index in [2.05, 4.69) is 39.9 Å². The van der Waals surface area contributed by atoms with Gasteiger partial charge in [0, 0.05) is 23.7 Å². The lowest BCUT2D eigenvalue weighted by Crippen LogP contribution is -2.42. The molecule has 2 aromatic heterocycles. The van der Waals surface area contributed by atoms with Crippen LogP contribution in [0.2, 0.25) is 0 Å². The van der Waals surface area contributed by atoms with Crippen molar-refractivity contribution in [1.82, 2.24) is 15.6 Å². The highest BCUT2D eigenvalue weighted by Crippen LogP contribution is 2.43. The van der Waals surface area contributed by atoms with Gasteiger partial charge >= 0.3 is 0 Å². The summed E-state index contributed by atoms with van der Waals surface area (Å²) in [5, 5.41) is 7.31. The van der Waals surface area contributed by atoms with Crippen molar-refractivity contribution < 1.29 is 0 Å². The molecule has 2 aromatic rings. The normalized spacial score (nSPS) is 21.2. The fourth-order valence-electron chi connectivity index (χ4n) is 4.26. The van der Waals surface area contributed by atoms with E-state index in [9.17, 15) is 0 Å². The fourth-order valence-corrected chi connectivity index (χ4v) is 5.19. The molecule has 0 bridgehead atoms. The predicted octanol–water partition coefficient (Wildman–Crippen LogP) is 4.21. The summed E-state index contributed by atoms with van der Waals surface area (Å²) >= 11 is 1.86. The van der Waals surface area contributed by atoms with Gasteiger partial charge in [-0.05, 0) is 81.3 Å². The third kappa shape index (κ3) is 3.71. The van der Waals surface area contributed by atoms with Crippen LogP contribution in [-0.2, 0) is 6.54 Å². The second kappa shape index (κ2) is 7.34. The summed E-state index contributed by atoms with van der Waals surface area (Å²) in [4.78, 5) is 7.13. The van der Waals surface area contributed by atoms with Crippen molar-refractivity contribution in [2.75, 3.05) is 13.1 Å². The quantitative estimate of drug-likeness (QED) is 0.874. The Labute approximate surface area is 148 Å². The Bertz CT molecular complexity index is 636. The van der Waals surface area contributed by atoms with E-state index in [0.29, 0.717) is 11.5 Å². The van der Waals surface area contributed by atoms with Crippen molar-refractivity contribution in [3.05, 3.63) is 41.4 Å². The van der Waals surface area contributed by atoms with Crippen LogP contribution in [0.3, 0.4) is 0 Å². The molecule has 24 heavy (non-hydrogen) atoms. The molecule has 2 N–H and O–H groups in total. The fraction of sp³-hybridized carbons (Fsp3) is 0.550. The molecule has 2 aliphatic rings. The van der Waals surface area contributed by atoms with E-state index >= 15 is 0 Å². The van der Waals surface area contributed by atoms with Crippen molar-refractivity contribution in [1.29, 1.82) is 0 Å². The molecular weight excluding hydrogens is 314 g/mol. The van der Waals surface area contributed by atoms with E-state index < -0.39 is 0 Å². The zero-order chi connectivity index (χ0) is 16.2. The van der Waals surface area contributed by atoms with Crippen LogP contribution in [0, 0.1) is 5.41 Å². The van der Waals surface area contributed by atoms with Crippen LogP contribution in [0.25, 0.3) is 10.6 Å². The van der Waals surface area contributed by atoms with E-state index in [-0.39, 0.29) is 0 Å². The second-order valence-corrected chi connectivity index (χ2v) is 8.55. The minimum atomic E-state index is 0.665. The highest BCUT2D eigenvalue weighted by Gasteiger charge is 2.35. The average Bonchev–Trinajstić information content (AvgIpc) is 3.12. The molecule has 3 heterocycles. The maximum atomic E-state index is 4.45. The Morgan fingerprint density at radius 3 is 2.67 bits per heavy atom. The van der Waals surface area contributed by atoms with Crippen LogP contribution < -0.4 is 10.6 Å². The Kier molecular flexibility index (Phi) is 4.97. The van der Waals surface area contributed by atoms with Crippen molar-refractivity contribution in [3.63, 3.8) is 0 Å². The first-order valence-corrected chi connectivity index (χ1v) is 10.1. The van der Waals surface area contributed by atoms with Crippen molar-refractivity contribution in [2.45, 2.75) is 51.1 Å². The molecule has 1 saturated carbocycles. The summed E-state index contributed by atoms with van der Waals surface area (Å²) in [6.07, 6.45) is 10.2. The molecule has 0 atom stereocenters. The monoisotopic (exact) mass is 341 g/mol. The largest absolute Gasteiger partial charge is 0.317 e. The van der Waals surface area contributed by atoms with Gasteiger partial charge in [-0.3, -0.25) is 4.98 Å². The van der Waals surface area contributed by atoms with Crippen molar-refractivity contribution in [2.24, 2.45) is 5.41 Å². The van der Waals surface area contributed by atoms with Gasteiger partial charge in [-0.1, -0.05) is 6.07 Å². The number of aromatic nitrogens is 1. The van der Waals surface area contributed by atoms with E-state index in [1.165, 1.54) is 61.4 Å². The predicted molar refractivity (Wildman–Crippen MR) is 101 cm³/mol. The molecule has 1 saturated heterocycles. The smallest absolute Gasteiger partial charge is 0.0801 e. The zero-order valence-electron chi connectivity index (χ0n) is 14.3. The topological polar surface area (TPSA) is 37.0 Å². The highest BCUT2D eigenvalue weighted by molar-refractivity contribution is 7.15. The van der Waals surface area contributed by atoms with Crippen LogP contribution in [0.1, 0.15) is 43.4 Å². The molecule has 1 spiro atoms. The number of rotatable bonds is 4. The first-order chi connectivity index (χ1) is 11.8. The van der Waals surface area contributed by atoms with Crippen molar-refractivity contribution in [3.8, 4) is 10.6 Å². The van der Waals surface area contributed by atoms with Gasteiger partial charge < -0.3 is 10.6 Å². The summed E-state index contributed by atoms with van der Waals surface area (Å²) in [5.41, 5.74) is 1.75. The molecule has 0 aromatic carbocycles. The molecule has 1 aliphatic heterocycles. The molecule has 0 radical (unpaired) electrons. The van der Waals surface area contributed by atoms with Crippen LogP contribution in [0.4, 0.5) is 0 Å². The van der Waals surface area contributed by atoms with Crippen LogP contribution in [0.15, 0.2) is 36.5 Å². The third-order valence-electron chi connectivity index (χ3n) is 5.85. The summed E-state index contributed by atoms with van der Waals surface area (Å²) in [6, 6.07) is 11.3. The lowest BCUT2D eigenvalue weighted by molar-refractivity contribution is 0.115. The van der Waals surface area contributed by atoms with Gasteiger partial charge in [0.15, 0.2) is 0 Å². The molecule has 4 rings (SSSR count). The van der Waals surface area contributed by atoms with E-state index in [1.54, 1.807) is 0 Å². The number of thiophene rings is 1. The standard InChI is InChI=1S/C20H27N3S/c1-2-12-22-18(3-1)19-5-4-17(24-19)15-23-16-6-8-20(9-7-16)10-13-21-14-11-20/h1-5,12,16,21,23H,6-11,13-15H2. The van der Waals surface area contributed by atoms with Gasteiger partial charge in [-0.25, -0.2) is 0 Å². The second-order valence-electron chi connectivity index (χ2n) is 7.39. The molecule has 1 aliphatic carbocycles. The summed E-state index contributed by atoms with van der Waals surface area (Å²) in [5.74, 6) is 0. The first-order valence-electron chi connectivity index (χ1n) is 9.27. The molecule has 0 unspecified atom stereocenters. The van der Waals surface area contributed by atoms with E-state index in [4.69, 9.17) is 0 Å². The molecule has 2 fully saturated rings. The molecular formula is C20H27N3S. The van der Waals surface area contributed by atoms with Gasteiger partial charge in [-0.15, -0.1) is 11.3 Å². The summed E-state index contributed by atoms with van der Waals surface area (Å²) in [7, 11) is 0. The Morgan fingerprint density at radius 1 is 1.08 bits per heavy atom. The number of hydrogen-bond donors (Lipinski definition) is 2. The van der Waals surface area contributed by atoms with Gasteiger partial charge in [0.1, 0.15) is 0 Å². The molecule has 128 valence electrons. The van der Waals surface area contributed by atoms with Gasteiger partial charge in [0.2, 0.25) is 0 Å². The molecule has 3 nitrogen and oxygen atoms in total. The maximum absolute atomic E-state index is 4.45. The van der Waals surface area contributed by atoms with Crippen LogP contribution >= 0.6 is 11.3 Å². The highest BCUT2D eigenvalue weighted by atomic mass is 32.1. The van der Waals surface area contributed by atoms with Gasteiger partial charge in [0.25, 0.3) is 0 Å². The maximum Gasteiger partial charge on any atom is 0.0801 e.